The van der Waals surface area contributed by atoms with Crippen LogP contribution in [0.2, 0.25) is 0 Å². The largest absolute Gasteiger partial charge is 0.399 e. The zero-order valence-corrected chi connectivity index (χ0v) is 8.82. The first-order chi connectivity index (χ1) is 7.56. The van der Waals surface area contributed by atoms with Crippen molar-refractivity contribution in [3.05, 3.63) is 40.2 Å². The number of aryl methyl sites for hydroxylation is 1. The van der Waals surface area contributed by atoms with Crippen molar-refractivity contribution >= 4 is 11.5 Å². The van der Waals surface area contributed by atoms with E-state index in [1.165, 1.54) is 6.07 Å². The second-order valence-corrected chi connectivity index (χ2v) is 3.59. The Labute approximate surface area is 92.1 Å². The SMILES string of the molecule is Cc1cc(-c2nc(N)cc(=O)[nH]2)ccc1N. The molecule has 2 aromatic rings. The summed E-state index contributed by atoms with van der Waals surface area (Å²) in [7, 11) is 0. The van der Waals surface area contributed by atoms with Gasteiger partial charge in [-0.15, -0.1) is 0 Å². The average Bonchev–Trinajstić information content (AvgIpc) is 2.20. The van der Waals surface area contributed by atoms with Crippen molar-refractivity contribution in [2.24, 2.45) is 0 Å². The van der Waals surface area contributed by atoms with Crippen molar-refractivity contribution < 1.29 is 0 Å². The van der Waals surface area contributed by atoms with E-state index in [2.05, 4.69) is 9.97 Å². The van der Waals surface area contributed by atoms with E-state index < -0.39 is 0 Å². The third-order valence-electron chi connectivity index (χ3n) is 2.30. The molecule has 1 aromatic heterocycles. The molecule has 1 heterocycles. The van der Waals surface area contributed by atoms with Crippen molar-refractivity contribution in [2.75, 3.05) is 11.5 Å². The first-order valence-corrected chi connectivity index (χ1v) is 4.79. The molecule has 0 fully saturated rings. The van der Waals surface area contributed by atoms with E-state index in [9.17, 15) is 4.79 Å². The van der Waals surface area contributed by atoms with E-state index in [0.29, 0.717) is 11.5 Å². The lowest BCUT2D eigenvalue weighted by atomic mass is 10.1. The molecular formula is C11H12N4O. The third-order valence-corrected chi connectivity index (χ3v) is 2.30. The molecule has 5 heteroatoms. The molecule has 2 rings (SSSR count). The van der Waals surface area contributed by atoms with Crippen LogP contribution in [0.1, 0.15) is 5.56 Å². The molecule has 0 saturated heterocycles. The smallest absolute Gasteiger partial charge is 0.253 e. The van der Waals surface area contributed by atoms with Gasteiger partial charge in [-0.1, -0.05) is 0 Å². The van der Waals surface area contributed by atoms with Gasteiger partial charge in [-0.25, -0.2) is 4.98 Å². The van der Waals surface area contributed by atoms with Gasteiger partial charge in [-0.2, -0.15) is 0 Å². The number of nitrogens with one attached hydrogen (secondary N) is 1. The molecule has 1 aromatic carbocycles. The number of nitrogens with two attached hydrogens (primary N) is 2. The summed E-state index contributed by atoms with van der Waals surface area (Å²) in [5.41, 5.74) is 13.4. The van der Waals surface area contributed by atoms with Crippen molar-refractivity contribution in [1.82, 2.24) is 9.97 Å². The highest BCUT2D eigenvalue weighted by Crippen LogP contribution is 2.19. The fourth-order valence-corrected chi connectivity index (χ4v) is 1.44. The summed E-state index contributed by atoms with van der Waals surface area (Å²) >= 11 is 0. The number of nitrogens with zero attached hydrogens (tertiary/aromatic N) is 1. The van der Waals surface area contributed by atoms with Crippen LogP contribution in [0.3, 0.4) is 0 Å². The van der Waals surface area contributed by atoms with Crippen LogP contribution in [-0.2, 0) is 0 Å². The molecular weight excluding hydrogens is 204 g/mol. The van der Waals surface area contributed by atoms with Crippen LogP contribution in [0, 0.1) is 6.92 Å². The molecule has 16 heavy (non-hydrogen) atoms. The highest BCUT2D eigenvalue weighted by Gasteiger charge is 2.03. The van der Waals surface area contributed by atoms with Crippen LogP contribution in [-0.4, -0.2) is 9.97 Å². The predicted molar refractivity (Wildman–Crippen MR) is 63.9 cm³/mol. The Morgan fingerprint density at radius 3 is 2.62 bits per heavy atom. The molecule has 0 spiro atoms. The molecule has 0 aliphatic carbocycles. The van der Waals surface area contributed by atoms with Gasteiger partial charge < -0.3 is 16.5 Å². The average molecular weight is 216 g/mol. The van der Waals surface area contributed by atoms with Crippen LogP contribution >= 0.6 is 0 Å². The summed E-state index contributed by atoms with van der Waals surface area (Å²) in [6.07, 6.45) is 0. The summed E-state index contributed by atoms with van der Waals surface area (Å²) in [5.74, 6) is 0.654. The Balaban J connectivity index is 2.58. The van der Waals surface area contributed by atoms with Gasteiger partial charge in [-0.05, 0) is 30.7 Å². The number of hydrogen-bond acceptors (Lipinski definition) is 4. The standard InChI is InChI=1S/C11H12N4O/c1-6-4-7(2-3-8(6)12)11-14-9(13)5-10(16)15-11/h2-5H,12H2,1H3,(H3,13,14,15,16). The molecule has 0 atom stereocenters. The lowest BCUT2D eigenvalue weighted by Gasteiger charge is -2.04. The minimum absolute atomic E-state index is 0.202. The van der Waals surface area contributed by atoms with Crippen LogP contribution < -0.4 is 17.0 Å². The van der Waals surface area contributed by atoms with E-state index in [0.717, 1.165) is 11.1 Å². The van der Waals surface area contributed by atoms with E-state index in [1.54, 1.807) is 12.1 Å². The van der Waals surface area contributed by atoms with Gasteiger partial charge in [0, 0.05) is 17.3 Å². The normalized spacial score (nSPS) is 10.3. The highest BCUT2D eigenvalue weighted by atomic mass is 16.1. The van der Waals surface area contributed by atoms with Gasteiger partial charge in [0.2, 0.25) is 0 Å². The van der Waals surface area contributed by atoms with Crippen molar-refractivity contribution in [3.8, 4) is 11.4 Å². The summed E-state index contributed by atoms with van der Waals surface area (Å²) in [5, 5.41) is 0. The zero-order valence-electron chi connectivity index (χ0n) is 8.82. The van der Waals surface area contributed by atoms with E-state index in [1.807, 2.05) is 13.0 Å². The maximum atomic E-state index is 11.2. The number of hydrogen-bond donors (Lipinski definition) is 3. The quantitative estimate of drug-likeness (QED) is 0.617. The third kappa shape index (κ3) is 1.88. The molecule has 5 nitrogen and oxygen atoms in total. The number of benzene rings is 1. The molecule has 0 aliphatic rings. The minimum Gasteiger partial charge on any atom is -0.399 e. The first kappa shape index (κ1) is 10.2. The summed E-state index contributed by atoms with van der Waals surface area (Å²) in [4.78, 5) is 17.9. The monoisotopic (exact) mass is 216 g/mol. The topological polar surface area (TPSA) is 97.8 Å². The first-order valence-electron chi connectivity index (χ1n) is 4.79. The van der Waals surface area contributed by atoms with Crippen molar-refractivity contribution in [2.45, 2.75) is 6.92 Å². The van der Waals surface area contributed by atoms with Gasteiger partial charge in [0.05, 0.1) is 0 Å². The molecule has 0 unspecified atom stereocenters. The van der Waals surface area contributed by atoms with Gasteiger partial charge in [-0.3, -0.25) is 4.79 Å². The molecule has 0 bridgehead atoms. The Hall–Kier alpha value is -2.30. The fourth-order valence-electron chi connectivity index (χ4n) is 1.44. The zero-order chi connectivity index (χ0) is 11.7. The maximum absolute atomic E-state index is 11.2. The fraction of sp³-hybridized carbons (Fsp3) is 0.0909. The van der Waals surface area contributed by atoms with E-state index in [-0.39, 0.29) is 11.4 Å². The molecule has 5 N–H and O–H groups in total. The molecule has 0 amide bonds. The Morgan fingerprint density at radius 2 is 2.00 bits per heavy atom. The summed E-state index contributed by atoms with van der Waals surface area (Å²) in [6, 6.07) is 6.66. The van der Waals surface area contributed by atoms with Crippen molar-refractivity contribution in [3.63, 3.8) is 0 Å². The molecule has 0 saturated carbocycles. The Bertz CT molecular complexity index is 589. The molecule has 0 radical (unpaired) electrons. The molecule has 0 aliphatic heterocycles. The second kappa shape index (κ2) is 3.69. The minimum atomic E-state index is -0.267. The number of aromatic amines is 1. The predicted octanol–water partition coefficient (Wildman–Crippen LogP) is 0.910. The van der Waals surface area contributed by atoms with Crippen molar-refractivity contribution in [1.29, 1.82) is 0 Å². The van der Waals surface area contributed by atoms with Crippen LogP contribution in [0.4, 0.5) is 11.5 Å². The summed E-state index contributed by atoms with van der Waals surface area (Å²) < 4.78 is 0. The van der Waals surface area contributed by atoms with Crippen LogP contribution in [0.25, 0.3) is 11.4 Å². The van der Waals surface area contributed by atoms with Gasteiger partial charge in [0.25, 0.3) is 5.56 Å². The number of rotatable bonds is 1. The lowest BCUT2D eigenvalue weighted by Crippen LogP contribution is -2.09. The molecule has 82 valence electrons. The number of aromatic nitrogens is 2. The second-order valence-electron chi connectivity index (χ2n) is 3.59. The Kier molecular flexibility index (Phi) is 2.36. The number of H-pyrrole nitrogens is 1. The lowest BCUT2D eigenvalue weighted by molar-refractivity contribution is 1.13. The van der Waals surface area contributed by atoms with E-state index >= 15 is 0 Å². The number of anilines is 2. The number of nitrogen functional groups attached to an aromatic ring is 2. The van der Waals surface area contributed by atoms with Crippen LogP contribution in [0.5, 0.6) is 0 Å². The van der Waals surface area contributed by atoms with Gasteiger partial charge >= 0.3 is 0 Å². The van der Waals surface area contributed by atoms with Crippen LogP contribution in [0.15, 0.2) is 29.1 Å². The van der Waals surface area contributed by atoms with E-state index in [4.69, 9.17) is 11.5 Å². The highest BCUT2D eigenvalue weighted by molar-refractivity contribution is 5.62. The van der Waals surface area contributed by atoms with Gasteiger partial charge in [0.15, 0.2) is 0 Å². The van der Waals surface area contributed by atoms with Gasteiger partial charge in [0.1, 0.15) is 11.6 Å². The summed E-state index contributed by atoms with van der Waals surface area (Å²) in [6.45, 7) is 1.89. The Morgan fingerprint density at radius 1 is 1.25 bits per heavy atom. The maximum Gasteiger partial charge on any atom is 0.253 e.